The molecule has 0 bridgehead atoms. The summed E-state index contributed by atoms with van der Waals surface area (Å²) in [6.45, 7) is 3.73. The Morgan fingerprint density at radius 2 is 2.11 bits per heavy atom. The van der Waals surface area contributed by atoms with Crippen LogP contribution in [0.2, 0.25) is 0 Å². The number of rotatable bonds is 7. The van der Waals surface area contributed by atoms with Crippen molar-refractivity contribution in [3.63, 3.8) is 0 Å². The van der Waals surface area contributed by atoms with Crippen LogP contribution in [0.25, 0.3) is 0 Å². The van der Waals surface area contributed by atoms with Gasteiger partial charge in [0, 0.05) is 25.9 Å². The Hall–Kier alpha value is -0.700. The van der Waals surface area contributed by atoms with Gasteiger partial charge in [-0.15, -0.1) is 0 Å². The van der Waals surface area contributed by atoms with Crippen molar-refractivity contribution in [1.82, 2.24) is 0 Å². The van der Waals surface area contributed by atoms with Gasteiger partial charge in [-0.25, -0.2) is 0 Å². The first-order valence-electron chi connectivity index (χ1n) is 7.09. The van der Waals surface area contributed by atoms with Gasteiger partial charge in [-0.2, -0.15) is 0 Å². The van der Waals surface area contributed by atoms with E-state index < -0.39 is 0 Å². The number of methoxy groups -OCH3 is 1. The van der Waals surface area contributed by atoms with Gasteiger partial charge in [0.25, 0.3) is 0 Å². The molecule has 1 rings (SSSR count). The summed E-state index contributed by atoms with van der Waals surface area (Å²) < 4.78 is 5.51. The predicted octanol–water partition coefficient (Wildman–Crippen LogP) is 3.16. The van der Waals surface area contributed by atoms with Gasteiger partial charge in [-0.05, 0) is 38.5 Å². The molecule has 3 unspecified atom stereocenters. The van der Waals surface area contributed by atoms with Gasteiger partial charge in [0.05, 0.1) is 6.10 Å². The summed E-state index contributed by atoms with van der Waals surface area (Å²) in [5, 5.41) is 0. The largest absolute Gasteiger partial charge is 0.381 e. The number of hydrogen-bond donors (Lipinski definition) is 0. The van der Waals surface area contributed by atoms with Crippen LogP contribution >= 0.6 is 0 Å². The molecule has 0 radical (unpaired) electrons. The maximum absolute atomic E-state index is 11.9. The number of ketones is 2. The lowest BCUT2D eigenvalue weighted by Crippen LogP contribution is -2.32. The van der Waals surface area contributed by atoms with E-state index in [0.717, 1.165) is 32.1 Å². The molecule has 0 aromatic carbocycles. The zero-order chi connectivity index (χ0) is 13.5. The van der Waals surface area contributed by atoms with Crippen molar-refractivity contribution in [3.05, 3.63) is 0 Å². The van der Waals surface area contributed by atoms with E-state index in [1.165, 1.54) is 0 Å². The van der Waals surface area contributed by atoms with Gasteiger partial charge in [0.15, 0.2) is 0 Å². The summed E-state index contributed by atoms with van der Waals surface area (Å²) in [6.07, 6.45) is 6.39. The molecule has 0 aromatic rings. The molecule has 0 saturated heterocycles. The highest BCUT2D eigenvalue weighted by Gasteiger charge is 2.30. The second-order valence-electron chi connectivity index (χ2n) is 5.68. The average Bonchev–Trinajstić information content (AvgIpc) is 2.31. The van der Waals surface area contributed by atoms with Crippen molar-refractivity contribution < 1.29 is 14.3 Å². The smallest absolute Gasteiger partial charge is 0.138 e. The third-order valence-electron chi connectivity index (χ3n) is 3.93. The Bertz CT molecular complexity index is 285. The Morgan fingerprint density at radius 3 is 2.67 bits per heavy atom. The van der Waals surface area contributed by atoms with E-state index in [4.69, 9.17) is 4.74 Å². The maximum Gasteiger partial charge on any atom is 0.138 e. The molecule has 3 heteroatoms. The molecule has 1 aliphatic rings. The van der Waals surface area contributed by atoms with Crippen molar-refractivity contribution in [2.24, 2.45) is 11.8 Å². The second kappa shape index (κ2) is 7.67. The van der Waals surface area contributed by atoms with Crippen LogP contribution in [0, 0.1) is 11.8 Å². The highest BCUT2D eigenvalue weighted by atomic mass is 16.5. The third kappa shape index (κ3) is 4.89. The predicted molar refractivity (Wildman–Crippen MR) is 71.5 cm³/mol. The van der Waals surface area contributed by atoms with Gasteiger partial charge in [0.1, 0.15) is 11.6 Å². The third-order valence-corrected chi connectivity index (χ3v) is 3.93. The minimum Gasteiger partial charge on any atom is -0.381 e. The van der Waals surface area contributed by atoms with Crippen LogP contribution in [0.5, 0.6) is 0 Å². The maximum atomic E-state index is 11.9. The molecule has 1 saturated carbocycles. The normalized spacial score (nSPS) is 23.7. The van der Waals surface area contributed by atoms with Crippen LogP contribution in [0.1, 0.15) is 58.8 Å². The molecule has 1 aliphatic carbocycles. The molecule has 0 aromatic heterocycles. The van der Waals surface area contributed by atoms with E-state index in [2.05, 4.69) is 6.92 Å². The van der Waals surface area contributed by atoms with Crippen molar-refractivity contribution in [2.75, 3.05) is 7.11 Å². The summed E-state index contributed by atoms with van der Waals surface area (Å²) in [4.78, 5) is 22.9. The molecular formula is C15H26O3. The van der Waals surface area contributed by atoms with Gasteiger partial charge in [-0.1, -0.05) is 13.3 Å². The minimum atomic E-state index is 0.0483. The number of Topliss-reactive ketones (excluding diaryl/α,β-unsaturated/α-hetero) is 2. The molecule has 18 heavy (non-hydrogen) atoms. The zero-order valence-corrected chi connectivity index (χ0v) is 11.9. The molecule has 0 amide bonds. The quantitative estimate of drug-likeness (QED) is 0.701. The SMILES string of the molecule is COC(CCC(C)CC(C)=O)C1CCCCC1=O. The van der Waals surface area contributed by atoms with Crippen LogP contribution in [-0.2, 0) is 14.3 Å². The average molecular weight is 254 g/mol. The Labute approximate surface area is 110 Å². The van der Waals surface area contributed by atoms with E-state index in [9.17, 15) is 9.59 Å². The van der Waals surface area contributed by atoms with Gasteiger partial charge < -0.3 is 9.53 Å². The number of carbonyl (C=O) groups excluding carboxylic acids is 2. The molecule has 0 aliphatic heterocycles. The molecule has 3 nitrogen and oxygen atoms in total. The van der Waals surface area contributed by atoms with Gasteiger partial charge in [-0.3, -0.25) is 4.79 Å². The van der Waals surface area contributed by atoms with Crippen molar-refractivity contribution in [2.45, 2.75) is 64.9 Å². The summed E-state index contributed by atoms with van der Waals surface area (Å²) in [6, 6.07) is 0. The molecule has 0 N–H and O–H groups in total. The van der Waals surface area contributed by atoms with E-state index in [1.807, 2.05) is 0 Å². The summed E-state index contributed by atoms with van der Waals surface area (Å²) in [7, 11) is 1.70. The Balaban J connectivity index is 2.41. The Kier molecular flexibility index (Phi) is 6.55. The minimum absolute atomic E-state index is 0.0483. The summed E-state index contributed by atoms with van der Waals surface area (Å²) in [5.74, 6) is 1.09. The topological polar surface area (TPSA) is 43.4 Å². The fourth-order valence-electron chi connectivity index (χ4n) is 2.93. The second-order valence-corrected chi connectivity index (χ2v) is 5.68. The van der Waals surface area contributed by atoms with Gasteiger partial charge >= 0.3 is 0 Å². The van der Waals surface area contributed by atoms with E-state index in [1.54, 1.807) is 14.0 Å². The fraction of sp³-hybridized carbons (Fsp3) is 0.867. The summed E-state index contributed by atoms with van der Waals surface area (Å²) in [5.41, 5.74) is 0. The molecule has 0 heterocycles. The van der Waals surface area contributed by atoms with Crippen LogP contribution in [0.15, 0.2) is 0 Å². The Morgan fingerprint density at radius 1 is 1.39 bits per heavy atom. The van der Waals surface area contributed by atoms with E-state index in [-0.39, 0.29) is 17.8 Å². The lowest BCUT2D eigenvalue weighted by molar-refractivity contribution is -0.130. The number of ether oxygens (including phenoxy) is 1. The fourth-order valence-corrected chi connectivity index (χ4v) is 2.93. The van der Waals surface area contributed by atoms with Crippen LogP contribution in [-0.4, -0.2) is 24.8 Å². The standard InChI is InChI=1S/C15H26O3/c1-11(10-12(2)16)8-9-15(18-3)13-6-4-5-7-14(13)17/h11,13,15H,4-10H2,1-3H3. The van der Waals surface area contributed by atoms with E-state index >= 15 is 0 Å². The highest BCUT2D eigenvalue weighted by Crippen LogP contribution is 2.28. The van der Waals surface area contributed by atoms with Crippen molar-refractivity contribution in [1.29, 1.82) is 0 Å². The molecule has 0 spiro atoms. The van der Waals surface area contributed by atoms with E-state index in [0.29, 0.717) is 24.5 Å². The van der Waals surface area contributed by atoms with Crippen LogP contribution in [0.4, 0.5) is 0 Å². The first-order chi connectivity index (χ1) is 8.54. The summed E-state index contributed by atoms with van der Waals surface area (Å²) >= 11 is 0. The molecular weight excluding hydrogens is 228 g/mol. The lowest BCUT2D eigenvalue weighted by Gasteiger charge is -2.28. The van der Waals surface area contributed by atoms with Gasteiger partial charge in [0.2, 0.25) is 0 Å². The van der Waals surface area contributed by atoms with Crippen LogP contribution < -0.4 is 0 Å². The van der Waals surface area contributed by atoms with Crippen molar-refractivity contribution in [3.8, 4) is 0 Å². The lowest BCUT2D eigenvalue weighted by atomic mass is 9.81. The molecule has 3 atom stereocenters. The monoisotopic (exact) mass is 254 g/mol. The molecule has 1 fully saturated rings. The van der Waals surface area contributed by atoms with Crippen LogP contribution in [0.3, 0.4) is 0 Å². The first-order valence-corrected chi connectivity index (χ1v) is 7.09. The number of hydrogen-bond acceptors (Lipinski definition) is 3. The van der Waals surface area contributed by atoms with Crippen molar-refractivity contribution >= 4 is 11.6 Å². The highest BCUT2D eigenvalue weighted by molar-refractivity contribution is 5.82. The first kappa shape index (κ1) is 15.4. The zero-order valence-electron chi connectivity index (χ0n) is 11.9. The molecule has 104 valence electrons. The number of carbonyl (C=O) groups is 2.